The number of carbonyl (C=O) groups excluding carboxylic acids is 1. The first-order valence-electron chi connectivity index (χ1n) is 7.99. The van der Waals surface area contributed by atoms with Crippen molar-refractivity contribution in [1.82, 2.24) is 14.8 Å². The van der Waals surface area contributed by atoms with Crippen LogP contribution in [0, 0.1) is 17.0 Å². The molecular formula is C18H13N5O4. The molecule has 1 N–H and O–H groups in total. The summed E-state index contributed by atoms with van der Waals surface area (Å²) in [5, 5.41) is 17.7. The Balaban J connectivity index is 1.53. The molecule has 0 fully saturated rings. The predicted octanol–water partition coefficient (Wildman–Crippen LogP) is 3.48. The molecule has 0 saturated carbocycles. The second kappa shape index (κ2) is 6.37. The molecular weight excluding hydrogens is 350 g/mol. The highest BCUT2D eigenvalue weighted by Crippen LogP contribution is 2.20. The summed E-state index contributed by atoms with van der Waals surface area (Å²) in [4.78, 5) is 26.9. The maximum absolute atomic E-state index is 12.4. The fourth-order valence-corrected chi connectivity index (χ4v) is 2.63. The second-order valence-electron chi connectivity index (χ2n) is 5.79. The Bertz CT molecular complexity index is 1160. The van der Waals surface area contributed by atoms with E-state index in [-0.39, 0.29) is 17.3 Å². The molecule has 2 aromatic heterocycles. The van der Waals surface area contributed by atoms with Crippen molar-refractivity contribution in [3.8, 4) is 5.69 Å². The summed E-state index contributed by atoms with van der Waals surface area (Å²) in [5.74, 6) is 0.168. The maximum atomic E-state index is 12.4. The van der Waals surface area contributed by atoms with Crippen LogP contribution in [0.25, 0.3) is 16.8 Å². The zero-order valence-electron chi connectivity index (χ0n) is 14.1. The van der Waals surface area contributed by atoms with Crippen LogP contribution >= 0.6 is 0 Å². The topological polar surface area (TPSA) is 116 Å². The van der Waals surface area contributed by atoms with E-state index in [9.17, 15) is 14.9 Å². The number of nitro groups is 1. The van der Waals surface area contributed by atoms with Gasteiger partial charge in [0.2, 0.25) is 0 Å². The molecule has 4 rings (SSSR count). The second-order valence-corrected chi connectivity index (χ2v) is 5.79. The highest BCUT2D eigenvalue weighted by atomic mass is 16.6. The Morgan fingerprint density at radius 1 is 1.19 bits per heavy atom. The first-order valence-corrected chi connectivity index (χ1v) is 7.99. The van der Waals surface area contributed by atoms with Crippen LogP contribution in [0.4, 0.5) is 11.4 Å². The predicted molar refractivity (Wildman–Crippen MR) is 96.9 cm³/mol. The van der Waals surface area contributed by atoms with Crippen LogP contribution in [0.15, 0.2) is 59.1 Å². The third-order valence-corrected chi connectivity index (χ3v) is 3.90. The lowest BCUT2D eigenvalue weighted by Crippen LogP contribution is -2.13. The van der Waals surface area contributed by atoms with Gasteiger partial charge in [-0.3, -0.25) is 14.9 Å². The largest absolute Gasteiger partial charge is 0.441 e. The fourth-order valence-electron chi connectivity index (χ4n) is 2.63. The molecule has 0 aliphatic rings. The lowest BCUT2D eigenvalue weighted by molar-refractivity contribution is -0.384. The molecule has 2 aromatic carbocycles. The normalized spacial score (nSPS) is 10.9. The van der Waals surface area contributed by atoms with Crippen molar-refractivity contribution in [2.24, 2.45) is 0 Å². The number of oxazole rings is 1. The number of anilines is 1. The summed E-state index contributed by atoms with van der Waals surface area (Å²) < 4.78 is 6.93. The molecule has 27 heavy (non-hydrogen) atoms. The molecule has 0 saturated heterocycles. The van der Waals surface area contributed by atoms with E-state index >= 15 is 0 Å². The van der Waals surface area contributed by atoms with Gasteiger partial charge < -0.3 is 9.73 Å². The summed E-state index contributed by atoms with van der Waals surface area (Å²) in [6.07, 6.45) is 1.61. The lowest BCUT2D eigenvalue weighted by atomic mass is 10.3. The van der Waals surface area contributed by atoms with E-state index < -0.39 is 4.92 Å². The number of nitrogens with one attached hydrogen (secondary N) is 1. The molecule has 4 aromatic rings. The number of non-ortho nitro benzene ring substituents is 1. The number of carbonyl (C=O) groups is 1. The van der Waals surface area contributed by atoms with E-state index in [1.807, 2.05) is 0 Å². The summed E-state index contributed by atoms with van der Waals surface area (Å²) >= 11 is 0. The van der Waals surface area contributed by atoms with Crippen LogP contribution in [0.3, 0.4) is 0 Å². The van der Waals surface area contributed by atoms with E-state index in [1.165, 1.54) is 16.8 Å². The minimum atomic E-state index is -0.474. The number of rotatable bonds is 4. The molecule has 0 aliphatic carbocycles. The van der Waals surface area contributed by atoms with E-state index in [2.05, 4.69) is 15.4 Å². The van der Waals surface area contributed by atoms with Gasteiger partial charge in [0.25, 0.3) is 11.6 Å². The molecule has 0 unspecified atom stereocenters. The van der Waals surface area contributed by atoms with Crippen LogP contribution < -0.4 is 5.32 Å². The van der Waals surface area contributed by atoms with Crippen molar-refractivity contribution in [2.45, 2.75) is 6.92 Å². The smallest absolute Gasteiger partial charge is 0.276 e. The molecule has 134 valence electrons. The molecule has 0 radical (unpaired) electrons. The van der Waals surface area contributed by atoms with E-state index in [0.29, 0.717) is 28.4 Å². The number of hydrogen-bond donors (Lipinski definition) is 1. The molecule has 9 nitrogen and oxygen atoms in total. The number of aromatic nitrogens is 3. The fraction of sp³-hybridized carbons (Fsp3) is 0.0556. The van der Waals surface area contributed by atoms with Gasteiger partial charge >= 0.3 is 0 Å². The third kappa shape index (κ3) is 3.25. The quantitative estimate of drug-likeness (QED) is 0.438. The van der Waals surface area contributed by atoms with Crippen molar-refractivity contribution in [1.29, 1.82) is 0 Å². The van der Waals surface area contributed by atoms with Crippen molar-refractivity contribution in [3.63, 3.8) is 0 Å². The van der Waals surface area contributed by atoms with Gasteiger partial charge in [0.05, 0.1) is 10.6 Å². The number of benzene rings is 2. The maximum Gasteiger partial charge on any atom is 0.276 e. The highest BCUT2D eigenvalue weighted by Gasteiger charge is 2.13. The zero-order chi connectivity index (χ0) is 19.0. The standard InChI is InChI=1S/C18H13N5O4/c1-11-19-15-7-2-12(10-17(15)27-11)20-18(24)16-8-9-22(21-16)13-3-5-14(6-4-13)23(25)26/h2-10H,1H3,(H,20,24). The van der Waals surface area contributed by atoms with Gasteiger partial charge in [-0.1, -0.05) is 0 Å². The molecule has 0 atom stereocenters. The average molecular weight is 363 g/mol. The summed E-state index contributed by atoms with van der Waals surface area (Å²) in [5.41, 5.74) is 2.67. The Morgan fingerprint density at radius 2 is 1.96 bits per heavy atom. The van der Waals surface area contributed by atoms with Crippen LogP contribution in [-0.4, -0.2) is 25.6 Å². The van der Waals surface area contributed by atoms with E-state index in [4.69, 9.17) is 4.42 Å². The minimum absolute atomic E-state index is 0.0121. The lowest BCUT2D eigenvalue weighted by Gasteiger charge is -2.03. The van der Waals surface area contributed by atoms with Crippen LogP contribution in [0.1, 0.15) is 16.4 Å². The monoisotopic (exact) mass is 363 g/mol. The van der Waals surface area contributed by atoms with Crippen molar-refractivity contribution in [3.05, 3.63) is 76.4 Å². The number of nitro benzene ring substituents is 1. The Morgan fingerprint density at radius 3 is 2.70 bits per heavy atom. The number of hydrogen-bond acceptors (Lipinski definition) is 6. The van der Waals surface area contributed by atoms with Crippen LogP contribution in [0.5, 0.6) is 0 Å². The zero-order valence-corrected chi connectivity index (χ0v) is 14.1. The first-order chi connectivity index (χ1) is 13.0. The number of amides is 1. The Labute approximate surface area is 152 Å². The molecule has 2 heterocycles. The SMILES string of the molecule is Cc1nc2ccc(NC(=O)c3ccn(-c4ccc([N+](=O)[O-])cc4)n3)cc2o1. The van der Waals surface area contributed by atoms with Gasteiger partial charge in [0.1, 0.15) is 5.52 Å². The van der Waals surface area contributed by atoms with Crippen molar-refractivity contribution >= 4 is 28.4 Å². The third-order valence-electron chi connectivity index (χ3n) is 3.90. The van der Waals surface area contributed by atoms with Gasteiger partial charge in [0, 0.05) is 37.0 Å². The minimum Gasteiger partial charge on any atom is -0.441 e. The van der Waals surface area contributed by atoms with Crippen LogP contribution in [0.2, 0.25) is 0 Å². The van der Waals surface area contributed by atoms with Gasteiger partial charge in [-0.25, -0.2) is 9.67 Å². The van der Waals surface area contributed by atoms with Crippen LogP contribution in [-0.2, 0) is 0 Å². The number of fused-ring (bicyclic) bond motifs is 1. The average Bonchev–Trinajstić information content (AvgIpc) is 3.27. The van der Waals surface area contributed by atoms with Gasteiger partial charge in [-0.05, 0) is 30.3 Å². The summed E-state index contributed by atoms with van der Waals surface area (Å²) in [6.45, 7) is 1.75. The first kappa shape index (κ1) is 16.5. The summed E-state index contributed by atoms with van der Waals surface area (Å²) in [7, 11) is 0. The van der Waals surface area contributed by atoms with Crippen molar-refractivity contribution < 1.29 is 14.1 Å². The Hall–Kier alpha value is -4.01. The molecule has 0 spiro atoms. The molecule has 0 bridgehead atoms. The summed E-state index contributed by atoms with van der Waals surface area (Å²) in [6, 6.07) is 12.6. The van der Waals surface area contributed by atoms with E-state index in [0.717, 1.165) is 0 Å². The molecule has 1 amide bonds. The van der Waals surface area contributed by atoms with Crippen molar-refractivity contribution in [2.75, 3.05) is 5.32 Å². The van der Waals surface area contributed by atoms with E-state index in [1.54, 1.807) is 49.5 Å². The van der Waals surface area contributed by atoms with Gasteiger partial charge in [0.15, 0.2) is 17.2 Å². The number of nitrogens with zero attached hydrogens (tertiary/aromatic N) is 4. The Kier molecular flexibility index (Phi) is 3.88. The molecule has 9 heteroatoms. The highest BCUT2D eigenvalue weighted by molar-refractivity contribution is 6.03. The van der Waals surface area contributed by atoms with Gasteiger partial charge in [-0.2, -0.15) is 5.10 Å². The molecule has 0 aliphatic heterocycles. The van der Waals surface area contributed by atoms with Gasteiger partial charge in [-0.15, -0.1) is 0 Å². The number of aryl methyl sites for hydroxylation is 1.